The minimum absolute atomic E-state index is 0.495. The van der Waals surface area contributed by atoms with Gasteiger partial charge in [0.1, 0.15) is 5.76 Å². The molecule has 0 aromatic carbocycles. The molecule has 0 aromatic heterocycles. The quantitative estimate of drug-likeness (QED) is 0.470. The minimum atomic E-state index is 0.495. The van der Waals surface area contributed by atoms with Gasteiger partial charge in [0, 0.05) is 0 Å². The topological polar surface area (TPSA) is 9.23 Å². The number of hydrogen-bond acceptors (Lipinski definition) is 1. The van der Waals surface area contributed by atoms with Gasteiger partial charge in [-0.15, -0.1) is 0 Å². The summed E-state index contributed by atoms with van der Waals surface area (Å²) in [4.78, 5) is 0. The average molecular weight is 295 g/mol. The summed E-state index contributed by atoms with van der Waals surface area (Å²) in [5, 5.41) is 0. The van der Waals surface area contributed by atoms with Crippen molar-refractivity contribution < 1.29 is 4.74 Å². The molecule has 2 heteroatoms. The predicted octanol–water partition coefficient (Wildman–Crippen LogP) is 5.41. The third-order valence-corrected chi connectivity index (χ3v) is 2.01. The maximum absolute atomic E-state index is 5.35. The van der Waals surface area contributed by atoms with E-state index in [0.717, 1.165) is 16.9 Å². The Morgan fingerprint density at radius 1 is 1.00 bits per heavy atom. The predicted molar refractivity (Wildman–Crippen MR) is 79.8 cm³/mol. The van der Waals surface area contributed by atoms with Gasteiger partial charge < -0.3 is 4.74 Å². The zero-order valence-electron chi connectivity index (χ0n) is 10.7. The van der Waals surface area contributed by atoms with Crippen LogP contribution in [0, 0.1) is 0 Å². The molecule has 0 rings (SSSR count). The Morgan fingerprint density at radius 2 is 1.59 bits per heavy atom. The Hall–Kier alpha value is -1.28. The molecule has 1 nitrogen and oxygen atoms in total. The van der Waals surface area contributed by atoms with E-state index in [9.17, 15) is 0 Å². The summed E-state index contributed by atoms with van der Waals surface area (Å²) in [6, 6.07) is 0. The molecule has 17 heavy (non-hydrogen) atoms. The highest BCUT2D eigenvalue weighted by molar-refractivity contribution is 9.11. The summed E-state index contributed by atoms with van der Waals surface area (Å²) in [5.74, 6) is 0.745. The Kier molecular flexibility index (Phi) is 8.16. The monoisotopic (exact) mass is 294 g/mol. The van der Waals surface area contributed by atoms with Gasteiger partial charge >= 0.3 is 0 Å². The minimum Gasteiger partial charge on any atom is -0.451 e. The van der Waals surface area contributed by atoms with E-state index in [-0.39, 0.29) is 0 Å². The zero-order chi connectivity index (χ0) is 13.3. The zero-order valence-corrected chi connectivity index (χ0v) is 12.3. The second-order valence-corrected chi connectivity index (χ2v) is 4.33. The first-order valence-corrected chi connectivity index (χ1v) is 6.15. The van der Waals surface area contributed by atoms with Crippen molar-refractivity contribution >= 4 is 15.9 Å². The molecule has 0 spiro atoms. The van der Waals surface area contributed by atoms with Crippen LogP contribution in [0.3, 0.4) is 0 Å². The first kappa shape index (κ1) is 15.7. The number of ether oxygens (including phenoxy) is 1. The first-order valence-electron chi connectivity index (χ1n) is 5.36. The number of rotatable bonds is 6. The van der Waals surface area contributed by atoms with E-state index in [1.165, 1.54) is 0 Å². The third kappa shape index (κ3) is 8.52. The highest BCUT2D eigenvalue weighted by Gasteiger charge is 1.93. The highest BCUT2D eigenvalue weighted by Crippen LogP contribution is 2.13. The van der Waals surface area contributed by atoms with E-state index in [2.05, 4.69) is 29.1 Å². The highest BCUT2D eigenvalue weighted by atomic mass is 79.9. The van der Waals surface area contributed by atoms with Crippen LogP contribution in [-0.2, 0) is 4.74 Å². The van der Waals surface area contributed by atoms with Crippen molar-refractivity contribution in [1.29, 1.82) is 0 Å². The molecule has 0 aliphatic heterocycles. The summed E-state index contributed by atoms with van der Waals surface area (Å²) in [6.45, 7) is 13.3. The van der Waals surface area contributed by atoms with Gasteiger partial charge in [-0.25, -0.2) is 0 Å². The molecule has 0 heterocycles. The van der Waals surface area contributed by atoms with Crippen molar-refractivity contribution in [2.75, 3.05) is 0 Å². The largest absolute Gasteiger partial charge is 0.451 e. The van der Waals surface area contributed by atoms with Gasteiger partial charge in [0.15, 0.2) is 4.67 Å². The fourth-order valence-electron chi connectivity index (χ4n) is 0.982. The van der Waals surface area contributed by atoms with Crippen LogP contribution in [0.2, 0.25) is 0 Å². The number of halogens is 1. The average Bonchev–Trinajstić information content (AvgIpc) is 2.26. The van der Waals surface area contributed by atoms with Crippen LogP contribution >= 0.6 is 15.9 Å². The van der Waals surface area contributed by atoms with E-state index in [0.29, 0.717) is 4.67 Å². The fourth-order valence-corrected chi connectivity index (χ4v) is 1.17. The normalized spacial score (nSPS) is 13.4. The summed E-state index contributed by atoms with van der Waals surface area (Å²) in [6.07, 6.45) is 11.7. The van der Waals surface area contributed by atoms with Crippen molar-refractivity contribution in [3.63, 3.8) is 0 Å². The Labute approximate surface area is 113 Å². The summed E-state index contributed by atoms with van der Waals surface area (Å²) in [7, 11) is 0. The fraction of sp³-hybridized carbons (Fsp3) is 0.200. The van der Waals surface area contributed by atoms with Crippen LogP contribution in [0.5, 0.6) is 0 Å². The smallest absolute Gasteiger partial charge is 0.162 e. The molecular weight excluding hydrogens is 276 g/mol. The summed E-state index contributed by atoms with van der Waals surface area (Å²) in [5.41, 5.74) is 2.12. The molecular formula is C15H19BrO. The molecule has 0 bridgehead atoms. The van der Waals surface area contributed by atoms with E-state index < -0.39 is 0 Å². The molecule has 0 unspecified atom stereocenters. The van der Waals surface area contributed by atoms with Crippen molar-refractivity contribution in [1.82, 2.24) is 0 Å². The molecule has 0 aliphatic carbocycles. The Balaban J connectivity index is 4.67. The lowest BCUT2D eigenvalue weighted by atomic mass is 10.2. The van der Waals surface area contributed by atoms with E-state index >= 15 is 0 Å². The van der Waals surface area contributed by atoms with E-state index in [1.807, 2.05) is 57.2 Å². The van der Waals surface area contributed by atoms with Gasteiger partial charge in [-0.1, -0.05) is 36.5 Å². The van der Waals surface area contributed by atoms with Crippen LogP contribution < -0.4 is 0 Å². The molecule has 0 aromatic rings. The lowest BCUT2D eigenvalue weighted by Crippen LogP contribution is -1.83. The second kappa shape index (κ2) is 8.82. The van der Waals surface area contributed by atoms with Gasteiger partial charge in [0.2, 0.25) is 0 Å². The molecule has 0 saturated heterocycles. The molecule has 0 aliphatic rings. The number of hydrogen-bond donors (Lipinski definition) is 0. The van der Waals surface area contributed by atoms with Crippen LogP contribution in [0.25, 0.3) is 0 Å². The summed E-state index contributed by atoms with van der Waals surface area (Å²) >= 11 is 3.16. The molecule has 0 fully saturated rings. The van der Waals surface area contributed by atoms with Gasteiger partial charge in [-0.05, 0) is 61.0 Å². The van der Waals surface area contributed by atoms with Gasteiger partial charge in [0.25, 0.3) is 0 Å². The number of allylic oxidation sites excluding steroid dienone is 8. The molecule has 0 amide bonds. The van der Waals surface area contributed by atoms with Crippen molar-refractivity contribution in [2.24, 2.45) is 0 Å². The van der Waals surface area contributed by atoms with Crippen molar-refractivity contribution in [3.05, 3.63) is 71.2 Å². The maximum atomic E-state index is 5.35. The maximum Gasteiger partial charge on any atom is 0.162 e. The van der Waals surface area contributed by atoms with Crippen LogP contribution in [0.15, 0.2) is 71.2 Å². The first-order chi connectivity index (χ1) is 7.99. The molecule has 0 N–H and O–H groups in total. The molecule has 0 radical (unpaired) electrons. The van der Waals surface area contributed by atoms with Crippen LogP contribution in [-0.4, -0.2) is 0 Å². The second-order valence-electron chi connectivity index (χ2n) is 3.45. The SMILES string of the molecule is C=C(C)\C=C/C(/C=C/C(=C/C)OC(=C)Br)=C\C. The van der Waals surface area contributed by atoms with Crippen LogP contribution in [0.1, 0.15) is 20.8 Å². The third-order valence-electron chi connectivity index (χ3n) is 1.85. The van der Waals surface area contributed by atoms with Crippen molar-refractivity contribution in [2.45, 2.75) is 20.8 Å². The van der Waals surface area contributed by atoms with E-state index in [1.54, 1.807) is 0 Å². The Morgan fingerprint density at radius 3 is 2.00 bits per heavy atom. The standard InChI is InChI=1S/C15H19BrO/c1-6-14(9-8-12(3)4)10-11-15(7-2)17-13(5)16/h6-11H,3,5H2,1-2,4H3/b9-8-,11-10+,14-6+,15-7-. The van der Waals surface area contributed by atoms with Crippen LogP contribution in [0.4, 0.5) is 0 Å². The molecule has 0 saturated carbocycles. The van der Waals surface area contributed by atoms with Crippen molar-refractivity contribution in [3.8, 4) is 0 Å². The van der Waals surface area contributed by atoms with Gasteiger partial charge in [-0.2, -0.15) is 0 Å². The molecule has 0 atom stereocenters. The van der Waals surface area contributed by atoms with Gasteiger partial charge in [-0.3, -0.25) is 0 Å². The lowest BCUT2D eigenvalue weighted by molar-refractivity contribution is 0.359. The Bertz CT molecular complexity index is 395. The summed E-state index contributed by atoms with van der Waals surface area (Å²) < 4.78 is 5.84. The van der Waals surface area contributed by atoms with Gasteiger partial charge in [0.05, 0.1) is 0 Å². The van der Waals surface area contributed by atoms with E-state index in [4.69, 9.17) is 4.74 Å². The lowest BCUT2D eigenvalue weighted by Gasteiger charge is -2.02. The molecule has 92 valence electrons.